The molecule has 1 unspecified atom stereocenters. The first-order chi connectivity index (χ1) is 10.1. The van der Waals surface area contributed by atoms with Crippen LogP contribution in [0.15, 0.2) is 11.1 Å². The Morgan fingerprint density at radius 3 is 3.10 bits per heavy atom. The average Bonchev–Trinajstić information content (AvgIpc) is 3.06. The molecular weight excluding hydrogens is 292 g/mol. The van der Waals surface area contributed by atoms with Gasteiger partial charge in [0.15, 0.2) is 0 Å². The minimum atomic E-state index is -1.01. The van der Waals surface area contributed by atoms with Gasteiger partial charge in [-0.2, -0.15) is 0 Å². The van der Waals surface area contributed by atoms with Gasteiger partial charge in [-0.1, -0.05) is 0 Å². The summed E-state index contributed by atoms with van der Waals surface area (Å²) in [7, 11) is 0. The lowest BCUT2D eigenvalue weighted by Gasteiger charge is -2.10. The molecule has 21 heavy (non-hydrogen) atoms. The number of nitrogens with zero attached hydrogens (tertiary/aromatic N) is 2. The number of ether oxygens (including phenoxy) is 1. The number of rotatable bonds is 4. The highest BCUT2D eigenvalue weighted by Crippen LogP contribution is 2.26. The molecule has 3 heterocycles. The summed E-state index contributed by atoms with van der Waals surface area (Å²) in [5, 5.41) is 9.55. The van der Waals surface area contributed by atoms with Crippen molar-refractivity contribution in [3.05, 3.63) is 27.1 Å². The van der Waals surface area contributed by atoms with Crippen molar-refractivity contribution < 1.29 is 14.6 Å². The Balaban J connectivity index is 1.93. The molecule has 6 nitrogen and oxygen atoms in total. The molecule has 1 atom stereocenters. The number of hydrogen-bond acceptors (Lipinski definition) is 5. The Labute approximate surface area is 125 Å². The molecule has 0 bridgehead atoms. The number of aromatic carboxylic acids is 1. The summed E-state index contributed by atoms with van der Waals surface area (Å²) in [6, 6.07) is 0. The van der Waals surface area contributed by atoms with Gasteiger partial charge in [-0.3, -0.25) is 9.36 Å². The second kappa shape index (κ2) is 5.57. The van der Waals surface area contributed by atoms with Crippen LogP contribution in [0, 0.1) is 6.92 Å². The third-order valence-corrected chi connectivity index (χ3v) is 5.02. The van der Waals surface area contributed by atoms with Crippen molar-refractivity contribution in [3.63, 3.8) is 0 Å². The summed E-state index contributed by atoms with van der Waals surface area (Å²) in [6.07, 6.45) is 4.60. The summed E-state index contributed by atoms with van der Waals surface area (Å²) < 4.78 is 7.10. The third kappa shape index (κ3) is 2.58. The predicted molar refractivity (Wildman–Crippen MR) is 79.2 cm³/mol. The van der Waals surface area contributed by atoms with Gasteiger partial charge in [0, 0.05) is 13.2 Å². The number of aryl methyl sites for hydroxylation is 2. The summed E-state index contributed by atoms with van der Waals surface area (Å²) in [4.78, 5) is 28.5. The standard InChI is InChI=1S/C14H16N2O4S/c1-8-10-12(21-11(8)14(18)19)15-7-16(13(10)17)5-4-9-3-2-6-20-9/h7,9H,2-6H2,1H3,(H,18,19). The van der Waals surface area contributed by atoms with Crippen molar-refractivity contribution in [2.45, 2.75) is 38.8 Å². The molecule has 0 radical (unpaired) electrons. The molecule has 2 aromatic heterocycles. The molecule has 0 spiro atoms. The molecule has 1 aliphatic heterocycles. The van der Waals surface area contributed by atoms with E-state index in [1.165, 1.54) is 6.33 Å². The van der Waals surface area contributed by atoms with Gasteiger partial charge >= 0.3 is 5.97 Å². The van der Waals surface area contributed by atoms with Gasteiger partial charge in [-0.05, 0) is 31.7 Å². The first kappa shape index (κ1) is 14.2. The molecule has 0 aromatic carbocycles. The van der Waals surface area contributed by atoms with Crippen molar-refractivity contribution >= 4 is 27.5 Å². The summed E-state index contributed by atoms with van der Waals surface area (Å²) in [5.74, 6) is -1.01. The monoisotopic (exact) mass is 308 g/mol. The number of carboxylic acid groups (broad SMARTS) is 1. The molecule has 0 aliphatic carbocycles. The maximum atomic E-state index is 12.5. The second-order valence-electron chi connectivity index (χ2n) is 5.21. The highest BCUT2D eigenvalue weighted by Gasteiger charge is 2.20. The molecule has 3 rings (SSSR count). The zero-order valence-corrected chi connectivity index (χ0v) is 12.5. The van der Waals surface area contributed by atoms with Crippen molar-refractivity contribution in [2.24, 2.45) is 0 Å². The molecule has 0 amide bonds. The van der Waals surface area contributed by atoms with Gasteiger partial charge in [0.25, 0.3) is 5.56 Å². The largest absolute Gasteiger partial charge is 0.477 e. The number of fused-ring (bicyclic) bond motifs is 1. The fourth-order valence-corrected chi connectivity index (χ4v) is 3.66. The fourth-order valence-electron chi connectivity index (χ4n) is 2.68. The van der Waals surface area contributed by atoms with Crippen LogP contribution in [0.3, 0.4) is 0 Å². The minimum absolute atomic E-state index is 0.167. The Bertz CT molecular complexity index is 743. The Hall–Kier alpha value is -1.73. The first-order valence-corrected chi connectivity index (χ1v) is 7.73. The van der Waals surface area contributed by atoms with Crippen LogP contribution in [0.4, 0.5) is 0 Å². The number of hydrogen-bond donors (Lipinski definition) is 1. The highest BCUT2D eigenvalue weighted by atomic mass is 32.1. The van der Waals surface area contributed by atoms with Crippen LogP contribution in [0.2, 0.25) is 0 Å². The molecule has 1 N–H and O–H groups in total. The van der Waals surface area contributed by atoms with Gasteiger partial charge in [0.05, 0.1) is 17.8 Å². The molecule has 2 aromatic rings. The van der Waals surface area contributed by atoms with Gasteiger partial charge in [-0.25, -0.2) is 9.78 Å². The first-order valence-electron chi connectivity index (χ1n) is 6.91. The maximum absolute atomic E-state index is 12.5. The van der Waals surface area contributed by atoms with Crippen molar-refractivity contribution in [2.75, 3.05) is 6.61 Å². The number of aromatic nitrogens is 2. The van der Waals surface area contributed by atoms with Crippen LogP contribution in [-0.4, -0.2) is 33.3 Å². The topological polar surface area (TPSA) is 81.4 Å². The third-order valence-electron chi connectivity index (χ3n) is 3.83. The van der Waals surface area contributed by atoms with E-state index in [0.29, 0.717) is 22.3 Å². The maximum Gasteiger partial charge on any atom is 0.346 e. The highest BCUT2D eigenvalue weighted by molar-refractivity contribution is 7.20. The molecular formula is C14H16N2O4S. The van der Waals surface area contributed by atoms with E-state index in [1.54, 1.807) is 11.5 Å². The van der Waals surface area contributed by atoms with Crippen molar-refractivity contribution in [1.82, 2.24) is 9.55 Å². The van der Waals surface area contributed by atoms with Crippen LogP contribution in [0.25, 0.3) is 10.2 Å². The molecule has 1 saturated heterocycles. The summed E-state index contributed by atoms with van der Waals surface area (Å²) in [6.45, 7) is 3.00. The van der Waals surface area contributed by atoms with Gasteiger partial charge < -0.3 is 9.84 Å². The lowest BCUT2D eigenvalue weighted by Crippen LogP contribution is -2.22. The van der Waals surface area contributed by atoms with E-state index in [0.717, 1.165) is 37.2 Å². The van der Waals surface area contributed by atoms with E-state index < -0.39 is 5.97 Å². The smallest absolute Gasteiger partial charge is 0.346 e. The fraction of sp³-hybridized carbons (Fsp3) is 0.500. The van der Waals surface area contributed by atoms with Crippen LogP contribution in [0.1, 0.15) is 34.5 Å². The lowest BCUT2D eigenvalue weighted by atomic mass is 10.2. The van der Waals surface area contributed by atoms with E-state index in [-0.39, 0.29) is 16.5 Å². The quantitative estimate of drug-likeness (QED) is 0.934. The molecule has 0 saturated carbocycles. The number of carbonyl (C=O) groups is 1. The Kier molecular flexibility index (Phi) is 3.77. The van der Waals surface area contributed by atoms with Gasteiger partial charge in [-0.15, -0.1) is 11.3 Å². The second-order valence-corrected chi connectivity index (χ2v) is 6.21. The average molecular weight is 308 g/mol. The van der Waals surface area contributed by atoms with Crippen LogP contribution < -0.4 is 5.56 Å². The van der Waals surface area contributed by atoms with Crippen molar-refractivity contribution in [3.8, 4) is 0 Å². The van der Waals surface area contributed by atoms with E-state index in [1.807, 2.05) is 0 Å². The van der Waals surface area contributed by atoms with E-state index in [9.17, 15) is 9.59 Å². The van der Waals surface area contributed by atoms with E-state index in [2.05, 4.69) is 4.98 Å². The predicted octanol–water partition coefficient (Wildman–Crippen LogP) is 2.03. The molecule has 112 valence electrons. The normalized spacial score (nSPS) is 18.4. The van der Waals surface area contributed by atoms with Gasteiger partial charge in [0.1, 0.15) is 9.71 Å². The lowest BCUT2D eigenvalue weighted by molar-refractivity contribution is 0.0701. The SMILES string of the molecule is Cc1c(C(=O)O)sc2ncn(CCC3CCCO3)c(=O)c12. The molecule has 1 aliphatic rings. The summed E-state index contributed by atoms with van der Waals surface area (Å²) >= 11 is 1.05. The zero-order chi connectivity index (χ0) is 15.0. The Morgan fingerprint density at radius 2 is 2.43 bits per heavy atom. The van der Waals surface area contributed by atoms with E-state index >= 15 is 0 Å². The van der Waals surface area contributed by atoms with Crippen LogP contribution >= 0.6 is 11.3 Å². The molecule has 1 fully saturated rings. The number of carboxylic acids is 1. The molecule has 7 heteroatoms. The van der Waals surface area contributed by atoms with Crippen LogP contribution in [0.5, 0.6) is 0 Å². The number of thiophene rings is 1. The summed E-state index contributed by atoms with van der Waals surface area (Å²) in [5.41, 5.74) is 0.339. The van der Waals surface area contributed by atoms with Crippen molar-refractivity contribution in [1.29, 1.82) is 0 Å². The van der Waals surface area contributed by atoms with Crippen LogP contribution in [-0.2, 0) is 11.3 Å². The minimum Gasteiger partial charge on any atom is -0.477 e. The Morgan fingerprint density at radius 1 is 1.62 bits per heavy atom. The zero-order valence-electron chi connectivity index (χ0n) is 11.7. The van der Waals surface area contributed by atoms with E-state index in [4.69, 9.17) is 9.84 Å². The van der Waals surface area contributed by atoms with Gasteiger partial charge in [0.2, 0.25) is 0 Å².